The van der Waals surface area contributed by atoms with Crippen LogP contribution in [0.3, 0.4) is 0 Å². The fourth-order valence-electron chi connectivity index (χ4n) is 1.52. The molecule has 0 aliphatic heterocycles. The minimum atomic E-state index is -0.515. The smallest absolute Gasteiger partial charge is 0.271 e. The minimum Gasteiger partial charge on any atom is -0.494 e. The number of aliphatic hydroxyl groups is 1. The summed E-state index contributed by atoms with van der Waals surface area (Å²) in [5.41, 5.74) is 0.673. The Morgan fingerprint density at radius 3 is 2.94 bits per heavy atom. The van der Waals surface area contributed by atoms with Gasteiger partial charge in [-0.05, 0) is 6.07 Å². The summed E-state index contributed by atoms with van der Waals surface area (Å²) in [6, 6.07) is 4.11. The molecule has 94 valence electrons. The maximum atomic E-state index is 10.7. The second-order valence-electron chi connectivity index (χ2n) is 3.41. The number of ether oxygens (including phenoxy) is 1. The van der Waals surface area contributed by atoms with E-state index in [1.807, 2.05) is 0 Å². The quantitative estimate of drug-likeness (QED) is 0.632. The molecular weight excluding hydrogens is 240 g/mol. The highest BCUT2D eigenvalue weighted by molar-refractivity contribution is 5.53. The lowest BCUT2D eigenvalue weighted by molar-refractivity contribution is -0.384. The number of hydrogen-bond donors (Lipinski definition) is 1. The Kier molecular flexibility index (Phi) is 3.20. The summed E-state index contributed by atoms with van der Waals surface area (Å²) >= 11 is 0. The summed E-state index contributed by atoms with van der Waals surface area (Å²) in [5.74, 6) is 0.404. The Morgan fingerprint density at radius 1 is 1.56 bits per heavy atom. The largest absolute Gasteiger partial charge is 0.494 e. The molecule has 0 spiro atoms. The van der Waals surface area contributed by atoms with Crippen LogP contribution in [0.15, 0.2) is 24.4 Å². The van der Waals surface area contributed by atoms with Crippen molar-refractivity contribution in [2.45, 2.75) is 6.61 Å². The molecule has 0 atom stereocenters. The Balaban J connectivity index is 2.60. The van der Waals surface area contributed by atoms with Gasteiger partial charge in [0, 0.05) is 12.1 Å². The van der Waals surface area contributed by atoms with Gasteiger partial charge in [0.15, 0.2) is 0 Å². The van der Waals surface area contributed by atoms with Crippen molar-refractivity contribution < 1.29 is 14.8 Å². The average molecular weight is 250 g/mol. The highest BCUT2D eigenvalue weighted by Crippen LogP contribution is 2.27. The third kappa shape index (κ3) is 2.00. The number of aliphatic hydroxyl groups excluding tert-OH is 1. The van der Waals surface area contributed by atoms with Crippen molar-refractivity contribution in [3.63, 3.8) is 0 Å². The molecule has 0 amide bonds. The monoisotopic (exact) mass is 250 g/mol. The zero-order chi connectivity index (χ0) is 13.1. The van der Waals surface area contributed by atoms with Crippen molar-refractivity contribution in [1.82, 2.24) is 15.0 Å². The number of hydrogen-bond acceptors (Lipinski definition) is 6. The van der Waals surface area contributed by atoms with Crippen LogP contribution in [0, 0.1) is 10.1 Å². The average Bonchev–Trinajstić information content (AvgIpc) is 2.85. The number of methoxy groups -OCH3 is 1. The van der Waals surface area contributed by atoms with Crippen LogP contribution in [-0.2, 0) is 6.61 Å². The molecule has 1 aromatic heterocycles. The van der Waals surface area contributed by atoms with Crippen molar-refractivity contribution >= 4 is 5.69 Å². The third-order valence-corrected chi connectivity index (χ3v) is 2.38. The summed E-state index contributed by atoms with van der Waals surface area (Å²) in [6.07, 6.45) is 1.37. The fourth-order valence-corrected chi connectivity index (χ4v) is 1.52. The van der Waals surface area contributed by atoms with E-state index in [2.05, 4.69) is 10.3 Å². The first-order valence-electron chi connectivity index (χ1n) is 5.00. The number of nitro groups is 1. The van der Waals surface area contributed by atoms with Crippen LogP contribution in [-0.4, -0.2) is 32.1 Å². The van der Waals surface area contributed by atoms with Gasteiger partial charge in [-0.1, -0.05) is 5.21 Å². The zero-order valence-electron chi connectivity index (χ0n) is 9.48. The van der Waals surface area contributed by atoms with Gasteiger partial charge in [-0.25, -0.2) is 4.68 Å². The van der Waals surface area contributed by atoms with E-state index >= 15 is 0 Å². The molecule has 1 aromatic carbocycles. The maximum Gasteiger partial charge on any atom is 0.271 e. The number of nitrogens with zero attached hydrogens (tertiary/aromatic N) is 4. The Labute approximate surface area is 102 Å². The van der Waals surface area contributed by atoms with Crippen molar-refractivity contribution in [1.29, 1.82) is 0 Å². The lowest BCUT2D eigenvalue weighted by atomic mass is 10.2. The van der Waals surface area contributed by atoms with E-state index < -0.39 is 4.92 Å². The molecule has 0 radical (unpaired) electrons. The Bertz CT molecular complexity index is 581. The topological polar surface area (TPSA) is 103 Å². The van der Waals surface area contributed by atoms with Crippen molar-refractivity contribution in [2.24, 2.45) is 0 Å². The summed E-state index contributed by atoms with van der Waals surface area (Å²) in [5, 5.41) is 27.3. The van der Waals surface area contributed by atoms with Crippen LogP contribution in [0.25, 0.3) is 5.69 Å². The predicted octanol–water partition coefficient (Wildman–Crippen LogP) is 0.676. The zero-order valence-corrected chi connectivity index (χ0v) is 9.48. The molecule has 0 aliphatic rings. The van der Waals surface area contributed by atoms with E-state index in [9.17, 15) is 10.1 Å². The highest BCUT2D eigenvalue weighted by atomic mass is 16.6. The predicted molar refractivity (Wildman–Crippen MR) is 60.5 cm³/mol. The molecule has 8 nitrogen and oxygen atoms in total. The second kappa shape index (κ2) is 4.80. The summed E-state index contributed by atoms with van der Waals surface area (Å²) in [7, 11) is 1.44. The van der Waals surface area contributed by atoms with E-state index in [-0.39, 0.29) is 12.3 Å². The van der Waals surface area contributed by atoms with Crippen LogP contribution in [0.1, 0.15) is 5.69 Å². The van der Waals surface area contributed by atoms with Crippen molar-refractivity contribution in [3.05, 3.63) is 40.2 Å². The minimum absolute atomic E-state index is 0.0924. The highest BCUT2D eigenvalue weighted by Gasteiger charge is 2.15. The number of benzene rings is 1. The molecule has 0 fully saturated rings. The second-order valence-corrected chi connectivity index (χ2v) is 3.41. The molecular formula is C10H10N4O4. The van der Waals surface area contributed by atoms with Crippen LogP contribution in [0.2, 0.25) is 0 Å². The van der Waals surface area contributed by atoms with E-state index in [4.69, 9.17) is 9.84 Å². The van der Waals surface area contributed by atoms with Crippen LogP contribution in [0.4, 0.5) is 5.69 Å². The molecule has 2 aromatic rings. The van der Waals surface area contributed by atoms with Gasteiger partial charge >= 0.3 is 0 Å². The number of nitro benzene ring substituents is 1. The van der Waals surface area contributed by atoms with Gasteiger partial charge in [0.1, 0.15) is 11.4 Å². The van der Waals surface area contributed by atoms with Gasteiger partial charge in [-0.3, -0.25) is 10.1 Å². The summed E-state index contributed by atoms with van der Waals surface area (Å²) < 4.78 is 6.41. The Morgan fingerprint density at radius 2 is 2.33 bits per heavy atom. The SMILES string of the molecule is COc1ccc([N+](=O)[O-])cc1-n1nncc1CO. The summed E-state index contributed by atoms with van der Waals surface area (Å²) in [6.45, 7) is -0.279. The molecule has 0 unspecified atom stereocenters. The van der Waals surface area contributed by atoms with E-state index in [0.29, 0.717) is 17.1 Å². The molecule has 8 heteroatoms. The normalized spacial score (nSPS) is 10.3. The van der Waals surface area contributed by atoms with Gasteiger partial charge in [0.25, 0.3) is 5.69 Å². The molecule has 1 heterocycles. The molecule has 18 heavy (non-hydrogen) atoms. The molecule has 1 N–H and O–H groups in total. The molecule has 0 saturated heterocycles. The Hall–Kier alpha value is -2.48. The van der Waals surface area contributed by atoms with E-state index in [1.165, 1.54) is 36.2 Å². The van der Waals surface area contributed by atoms with Gasteiger partial charge in [-0.2, -0.15) is 0 Å². The van der Waals surface area contributed by atoms with Gasteiger partial charge in [0.05, 0.1) is 30.5 Å². The molecule has 2 rings (SSSR count). The third-order valence-electron chi connectivity index (χ3n) is 2.38. The van der Waals surface area contributed by atoms with Gasteiger partial charge in [0.2, 0.25) is 0 Å². The first-order valence-corrected chi connectivity index (χ1v) is 5.00. The van der Waals surface area contributed by atoms with Crippen molar-refractivity contribution in [3.8, 4) is 11.4 Å². The number of aromatic nitrogens is 3. The number of non-ortho nitro benzene ring substituents is 1. The van der Waals surface area contributed by atoms with Crippen LogP contribution in [0.5, 0.6) is 5.75 Å². The lowest BCUT2D eigenvalue weighted by Crippen LogP contribution is -2.05. The molecule has 0 bridgehead atoms. The van der Waals surface area contributed by atoms with Crippen LogP contribution >= 0.6 is 0 Å². The van der Waals surface area contributed by atoms with Gasteiger partial charge in [-0.15, -0.1) is 5.10 Å². The summed E-state index contributed by atoms with van der Waals surface area (Å²) in [4.78, 5) is 10.2. The first-order chi connectivity index (χ1) is 8.67. The van der Waals surface area contributed by atoms with E-state index in [1.54, 1.807) is 0 Å². The fraction of sp³-hybridized carbons (Fsp3) is 0.200. The number of rotatable bonds is 4. The maximum absolute atomic E-state index is 10.7. The molecule has 0 saturated carbocycles. The first kappa shape index (κ1) is 12.0. The lowest BCUT2D eigenvalue weighted by Gasteiger charge is -2.09. The standard InChI is InChI=1S/C10H10N4O4/c1-18-10-3-2-7(14(16)17)4-9(10)13-8(6-15)5-11-12-13/h2-5,15H,6H2,1H3. The molecule has 0 aliphatic carbocycles. The van der Waals surface area contributed by atoms with E-state index in [0.717, 1.165) is 0 Å². The van der Waals surface area contributed by atoms with Gasteiger partial charge < -0.3 is 9.84 Å². The van der Waals surface area contributed by atoms with Crippen molar-refractivity contribution in [2.75, 3.05) is 7.11 Å². The van der Waals surface area contributed by atoms with Crippen LogP contribution < -0.4 is 4.74 Å².